The predicted molar refractivity (Wildman–Crippen MR) is 150 cm³/mol. The van der Waals surface area contributed by atoms with Crippen LogP contribution in [0.2, 0.25) is 5.02 Å². The Morgan fingerprint density at radius 3 is 2.62 bits per heavy atom. The van der Waals surface area contributed by atoms with Crippen LogP contribution in [0.3, 0.4) is 0 Å². The molecule has 3 heterocycles. The maximum absolute atomic E-state index is 13.9. The Balaban J connectivity index is 1.42. The number of imidazole rings is 1. The molecule has 0 saturated heterocycles. The van der Waals surface area contributed by atoms with E-state index in [1.807, 2.05) is 72.5 Å². The number of carbonyl (C=O) groups excluding carboxylic acids is 2. The molecule has 39 heavy (non-hydrogen) atoms. The molecule has 6 rings (SSSR count). The number of amides is 2. The summed E-state index contributed by atoms with van der Waals surface area (Å²) in [6.45, 7) is 2.43. The van der Waals surface area contributed by atoms with Crippen LogP contribution >= 0.6 is 11.6 Å². The van der Waals surface area contributed by atoms with Gasteiger partial charge in [0.2, 0.25) is 0 Å². The van der Waals surface area contributed by atoms with Crippen molar-refractivity contribution in [2.24, 2.45) is 0 Å². The number of rotatable bonds is 6. The fourth-order valence-electron chi connectivity index (χ4n) is 5.21. The lowest BCUT2D eigenvalue weighted by molar-refractivity contribution is 0.0735. The largest absolute Gasteiger partial charge is 0.497 e. The van der Waals surface area contributed by atoms with Crippen LogP contribution in [0.1, 0.15) is 49.1 Å². The number of pyridine rings is 1. The van der Waals surface area contributed by atoms with Crippen molar-refractivity contribution in [2.75, 3.05) is 12.4 Å². The van der Waals surface area contributed by atoms with Gasteiger partial charge in [0.15, 0.2) is 5.69 Å². The summed E-state index contributed by atoms with van der Waals surface area (Å²) in [6.07, 6.45) is 3.33. The summed E-state index contributed by atoms with van der Waals surface area (Å²) in [4.78, 5) is 33.5. The summed E-state index contributed by atoms with van der Waals surface area (Å²) >= 11 is 6.18. The van der Waals surface area contributed by atoms with Gasteiger partial charge in [-0.1, -0.05) is 54.1 Å². The van der Waals surface area contributed by atoms with Crippen LogP contribution in [-0.4, -0.2) is 33.2 Å². The number of hydrogen-bond donors (Lipinski definition) is 1. The van der Waals surface area contributed by atoms with Crippen LogP contribution in [0.15, 0.2) is 91.4 Å². The molecule has 0 bridgehead atoms. The van der Waals surface area contributed by atoms with Crippen molar-refractivity contribution in [1.29, 1.82) is 0 Å². The third kappa shape index (κ3) is 4.41. The van der Waals surface area contributed by atoms with Crippen molar-refractivity contribution >= 4 is 34.6 Å². The van der Waals surface area contributed by atoms with Gasteiger partial charge in [-0.25, -0.2) is 4.98 Å². The molecule has 0 spiro atoms. The summed E-state index contributed by atoms with van der Waals surface area (Å²) in [5.74, 6) is 0.283. The number of fused-ring (bicyclic) bond motifs is 2. The summed E-state index contributed by atoms with van der Waals surface area (Å²) in [7, 11) is 1.63. The summed E-state index contributed by atoms with van der Waals surface area (Å²) in [6, 6.07) is 24.2. The van der Waals surface area contributed by atoms with Gasteiger partial charge < -0.3 is 19.4 Å². The van der Waals surface area contributed by atoms with E-state index in [1.54, 1.807) is 42.2 Å². The number of carbonyl (C=O) groups is 2. The van der Waals surface area contributed by atoms with Crippen molar-refractivity contribution in [3.05, 3.63) is 130 Å². The van der Waals surface area contributed by atoms with E-state index in [0.717, 1.165) is 28.0 Å². The first-order valence-corrected chi connectivity index (χ1v) is 12.9. The number of aromatic nitrogens is 2. The minimum Gasteiger partial charge on any atom is -0.497 e. The summed E-state index contributed by atoms with van der Waals surface area (Å²) in [5, 5.41) is 3.55. The third-order valence-electron chi connectivity index (χ3n) is 7.14. The molecular weight excluding hydrogens is 512 g/mol. The van der Waals surface area contributed by atoms with Gasteiger partial charge in [0.05, 0.1) is 18.7 Å². The zero-order valence-corrected chi connectivity index (χ0v) is 22.1. The van der Waals surface area contributed by atoms with E-state index in [2.05, 4.69) is 10.3 Å². The molecule has 2 aromatic heterocycles. The molecule has 3 aromatic carbocycles. The molecule has 0 fully saturated rings. The second-order valence-corrected chi connectivity index (χ2v) is 9.93. The molecular formula is C31H25ClN4O3. The molecule has 194 valence electrons. The number of anilines is 1. The molecule has 1 aliphatic heterocycles. The summed E-state index contributed by atoms with van der Waals surface area (Å²) < 4.78 is 7.04. The average molecular weight is 537 g/mol. The molecule has 1 atom stereocenters. The minimum absolute atomic E-state index is 0.0932. The second kappa shape index (κ2) is 9.93. The summed E-state index contributed by atoms with van der Waals surface area (Å²) in [5.41, 5.74) is 5.77. The van der Waals surface area contributed by atoms with Crippen LogP contribution in [0.5, 0.6) is 5.75 Å². The van der Waals surface area contributed by atoms with E-state index in [4.69, 9.17) is 16.3 Å². The lowest BCUT2D eigenvalue weighted by atomic mass is 9.93. The Morgan fingerprint density at radius 2 is 1.85 bits per heavy atom. The van der Waals surface area contributed by atoms with Crippen molar-refractivity contribution in [3.63, 3.8) is 0 Å². The second-order valence-electron chi connectivity index (χ2n) is 9.49. The molecule has 1 unspecified atom stereocenters. The zero-order chi connectivity index (χ0) is 27.1. The number of methoxy groups -OCH3 is 1. The highest BCUT2D eigenvalue weighted by atomic mass is 35.5. The van der Waals surface area contributed by atoms with Gasteiger partial charge in [-0.05, 0) is 60.0 Å². The smallest absolute Gasteiger partial charge is 0.276 e. The topological polar surface area (TPSA) is 75.9 Å². The standard InChI is InChI=1S/C31H25ClN4O3/c1-19-6-3-4-7-23(19)29-27-24(31(38)36(29)17-20-10-12-22(39-2)13-11-20)8-5-9-25(27)34-30(37)28-26-16-21(32)14-15-35(26)18-33-28/h3-16,18,29H,17H2,1-2H3,(H,34,37). The molecule has 0 radical (unpaired) electrons. The van der Waals surface area contributed by atoms with Gasteiger partial charge in [-0.3, -0.25) is 9.59 Å². The normalized spacial score (nSPS) is 14.5. The minimum atomic E-state index is -0.388. The molecule has 0 saturated carbocycles. The fraction of sp³-hybridized carbons (Fsp3) is 0.129. The lowest BCUT2D eigenvalue weighted by Crippen LogP contribution is -2.29. The number of halogens is 1. The van der Waals surface area contributed by atoms with E-state index in [1.165, 1.54) is 0 Å². The Kier molecular flexibility index (Phi) is 6.29. The highest BCUT2D eigenvalue weighted by molar-refractivity contribution is 6.31. The van der Waals surface area contributed by atoms with Gasteiger partial charge in [0.25, 0.3) is 11.8 Å². The quantitative estimate of drug-likeness (QED) is 0.276. The molecule has 0 aliphatic carbocycles. The van der Waals surface area contributed by atoms with E-state index >= 15 is 0 Å². The zero-order valence-electron chi connectivity index (χ0n) is 21.4. The van der Waals surface area contributed by atoms with Gasteiger partial charge in [-0.15, -0.1) is 0 Å². The van der Waals surface area contributed by atoms with Crippen LogP contribution in [0.4, 0.5) is 5.69 Å². The van der Waals surface area contributed by atoms with E-state index in [-0.39, 0.29) is 23.6 Å². The molecule has 8 heteroatoms. The first-order valence-electron chi connectivity index (χ1n) is 12.5. The lowest BCUT2D eigenvalue weighted by Gasteiger charge is -2.28. The predicted octanol–water partition coefficient (Wildman–Crippen LogP) is 6.30. The first kappa shape index (κ1) is 24.7. The van der Waals surface area contributed by atoms with Crippen molar-refractivity contribution in [2.45, 2.75) is 19.5 Å². The Morgan fingerprint density at radius 1 is 1.05 bits per heavy atom. The highest BCUT2D eigenvalue weighted by Gasteiger charge is 2.40. The number of ether oxygens (including phenoxy) is 1. The monoisotopic (exact) mass is 536 g/mol. The van der Waals surface area contributed by atoms with Gasteiger partial charge in [0, 0.05) is 34.6 Å². The van der Waals surface area contributed by atoms with E-state index in [0.29, 0.717) is 28.3 Å². The van der Waals surface area contributed by atoms with Gasteiger partial charge >= 0.3 is 0 Å². The maximum atomic E-state index is 13.9. The Bertz CT molecular complexity index is 1730. The van der Waals surface area contributed by atoms with Crippen molar-refractivity contribution < 1.29 is 14.3 Å². The van der Waals surface area contributed by atoms with Crippen LogP contribution in [0.25, 0.3) is 5.52 Å². The van der Waals surface area contributed by atoms with Crippen LogP contribution in [0, 0.1) is 6.92 Å². The molecule has 1 N–H and O–H groups in total. The number of hydrogen-bond acceptors (Lipinski definition) is 4. The average Bonchev–Trinajstić information content (AvgIpc) is 3.49. The highest BCUT2D eigenvalue weighted by Crippen LogP contribution is 2.44. The van der Waals surface area contributed by atoms with E-state index < -0.39 is 0 Å². The van der Waals surface area contributed by atoms with Crippen LogP contribution in [-0.2, 0) is 6.54 Å². The molecule has 2 amide bonds. The van der Waals surface area contributed by atoms with Crippen LogP contribution < -0.4 is 10.1 Å². The van der Waals surface area contributed by atoms with Gasteiger partial charge in [0.1, 0.15) is 12.1 Å². The van der Waals surface area contributed by atoms with Crippen molar-refractivity contribution in [3.8, 4) is 5.75 Å². The Hall–Kier alpha value is -4.62. The third-order valence-corrected chi connectivity index (χ3v) is 7.38. The maximum Gasteiger partial charge on any atom is 0.276 e. The fourth-order valence-corrected chi connectivity index (χ4v) is 5.37. The van der Waals surface area contributed by atoms with E-state index in [9.17, 15) is 9.59 Å². The number of nitrogens with zero attached hydrogens (tertiary/aromatic N) is 3. The number of aryl methyl sites for hydroxylation is 1. The number of nitrogens with one attached hydrogen (secondary N) is 1. The molecule has 5 aromatic rings. The SMILES string of the molecule is COc1ccc(CN2C(=O)c3cccc(NC(=O)c4ncn5ccc(Cl)cc45)c3C2c2ccccc2C)cc1. The van der Waals surface area contributed by atoms with Crippen molar-refractivity contribution in [1.82, 2.24) is 14.3 Å². The number of benzene rings is 3. The first-order chi connectivity index (χ1) is 18.9. The van der Waals surface area contributed by atoms with Gasteiger partial charge in [-0.2, -0.15) is 0 Å². The molecule has 1 aliphatic rings. The Labute approximate surface area is 230 Å². The molecule has 7 nitrogen and oxygen atoms in total.